The van der Waals surface area contributed by atoms with Gasteiger partial charge < -0.3 is 19.5 Å². The molecular weight excluding hydrogens is 422 g/mol. The minimum atomic E-state index is -1.56. The quantitative estimate of drug-likeness (QED) is 0.705. The van der Waals surface area contributed by atoms with Crippen LogP contribution in [-0.4, -0.2) is 49.5 Å². The van der Waals surface area contributed by atoms with E-state index in [0.717, 1.165) is 5.57 Å². The third-order valence-electron chi connectivity index (χ3n) is 5.56. The van der Waals surface area contributed by atoms with Crippen molar-refractivity contribution in [2.24, 2.45) is 4.99 Å². The fraction of sp³-hybridized carbons (Fsp3) is 0.240. The zero-order valence-corrected chi connectivity index (χ0v) is 18.9. The Bertz CT molecular complexity index is 1180. The third-order valence-corrected chi connectivity index (χ3v) is 5.56. The highest BCUT2D eigenvalue weighted by Crippen LogP contribution is 2.33. The van der Waals surface area contributed by atoms with Crippen molar-refractivity contribution in [3.63, 3.8) is 0 Å². The van der Waals surface area contributed by atoms with Gasteiger partial charge in [0.05, 0.1) is 21.3 Å². The maximum Gasteiger partial charge on any atom is 0.281 e. The van der Waals surface area contributed by atoms with Crippen molar-refractivity contribution in [3.8, 4) is 17.2 Å². The van der Waals surface area contributed by atoms with Crippen molar-refractivity contribution >= 4 is 17.6 Å². The molecule has 2 heterocycles. The first kappa shape index (κ1) is 22.1. The van der Waals surface area contributed by atoms with Crippen LogP contribution in [0.5, 0.6) is 17.2 Å². The molecule has 2 aromatic rings. The number of nitrogens with one attached hydrogen (secondary N) is 1. The lowest BCUT2D eigenvalue weighted by Gasteiger charge is -2.27. The number of hydrogen-bond acceptors (Lipinski definition) is 6. The molecule has 0 radical (unpaired) electrons. The van der Waals surface area contributed by atoms with Crippen LogP contribution in [-0.2, 0) is 11.2 Å². The summed E-state index contributed by atoms with van der Waals surface area (Å²) in [5.41, 5.74) is 0.401. The Morgan fingerprint density at radius 2 is 1.70 bits per heavy atom. The molecule has 1 N–H and O–H groups in total. The molecule has 0 saturated heterocycles. The Balaban J connectivity index is 1.75. The van der Waals surface area contributed by atoms with Crippen molar-refractivity contribution in [1.29, 1.82) is 0 Å². The van der Waals surface area contributed by atoms with Crippen LogP contribution in [0.4, 0.5) is 0 Å². The molecule has 0 aliphatic carbocycles. The van der Waals surface area contributed by atoms with E-state index in [9.17, 15) is 9.59 Å². The van der Waals surface area contributed by atoms with Crippen molar-refractivity contribution in [1.82, 2.24) is 10.2 Å². The van der Waals surface area contributed by atoms with E-state index in [-0.39, 0.29) is 12.3 Å². The van der Waals surface area contributed by atoms with Crippen molar-refractivity contribution < 1.29 is 23.8 Å². The largest absolute Gasteiger partial charge is 0.497 e. The van der Waals surface area contributed by atoms with E-state index in [4.69, 9.17) is 19.2 Å². The molecule has 1 atom stereocenters. The van der Waals surface area contributed by atoms with Crippen LogP contribution >= 0.6 is 0 Å². The zero-order chi connectivity index (χ0) is 23.6. The number of carbonyl (C=O) groups excluding carboxylic acids is 2. The monoisotopic (exact) mass is 447 g/mol. The van der Waals surface area contributed by atoms with Gasteiger partial charge in [-0.3, -0.25) is 14.5 Å². The first-order valence-corrected chi connectivity index (χ1v) is 10.4. The fourth-order valence-corrected chi connectivity index (χ4v) is 3.83. The van der Waals surface area contributed by atoms with Gasteiger partial charge in [0.2, 0.25) is 5.66 Å². The molecule has 8 nitrogen and oxygen atoms in total. The number of allylic oxidation sites excluding steroid dienone is 2. The van der Waals surface area contributed by atoms with E-state index < -0.39 is 11.6 Å². The van der Waals surface area contributed by atoms with E-state index in [2.05, 4.69) is 5.32 Å². The fourth-order valence-electron chi connectivity index (χ4n) is 3.83. The number of fused-ring (bicyclic) bond motifs is 1. The Hall–Kier alpha value is -4.07. The molecule has 2 amide bonds. The Labute approximate surface area is 192 Å². The minimum Gasteiger partial charge on any atom is -0.497 e. The number of amides is 2. The maximum absolute atomic E-state index is 13.7. The van der Waals surface area contributed by atoms with Gasteiger partial charge >= 0.3 is 0 Å². The van der Waals surface area contributed by atoms with Gasteiger partial charge in [-0.05, 0) is 61.0 Å². The van der Waals surface area contributed by atoms with Gasteiger partial charge in [-0.2, -0.15) is 0 Å². The summed E-state index contributed by atoms with van der Waals surface area (Å²) in [5, 5.41) is 2.89. The van der Waals surface area contributed by atoms with Gasteiger partial charge in [0.15, 0.2) is 0 Å². The van der Waals surface area contributed by atoms with Gasteiger partial charge in [-0.25, -0.2) is 4.99 Å². The van der Waals surface area contributed by atoms with Crippen LogP contribution in [0.15, 0.2) is 71.4 Å². The van der Waals surface area contributed by atoms with Gasteiger partial charge in [0.1, 0.15) is 23.1 Å². The van der Waals surface area contributed by atoms with Crippen LogP contribution in [0, 0.1) is 0 Å². The molecule has 0 fully saturated rings. The van der Waals surface area contributed by atoms with Gasteiger partial charge in [0.25, 0.3) is 11.8 Å². The van der Waals surface area contributed by atoms with Crippen LogP contribution in [0.2, 0.25) is 0 Å². The first-order chi connectivity index (χ1) is 15.9. The molecule has 33 heavy (non-hydrogen) atoms. The molecule has 170 valence electrons. The number of aliphatic imine (C=N–C) groups is 1. The highest BCUT2D eigenvalue weighted by Gasteiger charge is 2.49. The van der Waals surface area contributed by atoms with Gasteiger partial charge in [-0.15, -0.1) is 0 Å². The molecular formula is C25H25N3O5. The molecule has 0 bridgehead atoms. The number of methoxy groups -OCH3 is 3. The van der Waals surface area contributed by atoms with Crippen LogP contribution in [0.3, 0.4) is 0 Å². The summed E-state index contributed by atoms with van der Waals surface area (Å²) in [6, 6.07) is 12.0. The molecule has 0 aromatic heterocycles. The smallest absolute Gasteiger partial charge is 0.281 e. The highest BCUT2D eigenvalue weighted by molar-refractivity contribution is 6.15. The predicted molar refractivity (Wildman–Crippen MR) is 124 cm³/mol. The third kappa shape index (κ3) is 4.19. The topological polar surface area (TPSA) is 89.5 Å². The number of nitrogens with zero attached hydrogens (tertiary/aromatic N) is 2. The molecule has 0 spiro atoms. The van der Waals surface area contributed by atoms with Gasteiger partial charge in [0, 0.05) is 23.7 Å². The predicted octanol–water partition coefficient (Wildman–Crippen LogP) is 3.10. The zero-order valence-electron chi connectivity index (χ0n) is 18.9. The molecule has 8 heteroatoms. The number of benzene rings is 2. The number of hydrogen-bond donors (Lipinski definition) is 1. The summed E-state index contributed by atoms with van der Waals surface area (Å²) in [5.74, 6) is 1.47. The second-order valence-corrected chi connectivity index (χ2v) is 7.75. The second kappa shape index (κ2) is 8.82. The van der Waals surface area contributed by atoms with Gasteiger partial charge in [-0.1, -0.05) is 6.08 Å². The summed E-state index contributed by atoms with van der Waals surface area (Å²) >= 11 is 0. The number of ether oxygens (including phenoxy) is 3. The lowest BCUT2D eigenvalue weighted by atomic mass is 9.97. The molecule has 2 aromatic carbocycles. The summed E-state index contributed by atoms with van der Waals surface area (Å²) in [7, 11) is 4.67. The number of carbonyl (C=O) groups is 2. The summed E-state index contributed by atoms with van der Waals surface area (Å²) in [4.78, 5) is 33.0. The van der Waals surface area contributed by atoms with Crippen LogP contribution < -0.4 is 19.5 Å². The Morgan fingerprint density at radius 3 is 2.36 bits per heavy atom. The van der Waals surface area contributed by atoms with Crippen molar-refractivity contribution in [2.45, 2.75) is 19.0 Å². The lowest BCUT2D eigenvalue weighted by Crippen LogP contribution is -2.55. The van der Waals surface area contributed by atoms with E-state index in [1.54, 1.807) is 76.1 Å². The minimum absolute atomic E-state index is 0.0782. The number of rotatable bonds is 7. The average Bonchev–Trinajstić information content (AvgIpc) is 3.09. The van der Waals surface area contributed by atoms with E-state index >= 15 is 0 Å². The van der Waals surface area contributed by atoms with Crippen molar-refractivity contribution in [3.05, 3.63) is 77.5 Å². The van der Waals surface area contributed by atoms with E-state index in [1.165, 1.54) is 4.90 Å². The molecule has 0 saturated carbocycles. The van der Waals surface area contributed by atoms with Crippen LogP contribution in [0.1, 0.15) is 22.8 Å². The average molecular weight is 447 g/mol. The Kier molecular flexibility index (Phi) is 5.91. The summed E-state index contributed by atoms with van der Waals surface area (Å²) in [6.45, 7) is 1.89. The normalized spacial score (nSPS) is 18.9. The molecule has 2 aliphatic heterocycles. The van der Waals surface area contributed by atoms with E-state index in [1.807, 2.05) is 13.0 Å². The van der Waals surface area contributed by atoms with E-state index in [0.29, 0.717) is 34.2 Å². The molecule has 4 rings (SSSR count). The summed E-state index contributed by atoms with van der Waals surface area (Å²) in [6.07, 6.45) is 5.42. The standard InChI is InChI=1S/C25H25N3O5/c1-16-5-12-22-26-25(24(30)28(22)15-16,14-18-13-20(32-3)10-11-21(18)33-4)27-23(29)17-6-8-19(31-2)9-7-17/h5-13,15H,14H2,1-4H3,(H,27,29). The first-order valence-electron chi connectivity index (χ1n) is 10.4. The van der Waals surface area contributed by atoms with Crippen molar-refractivity contribution in [2.75, 3.05) is 21.3 Å². The molecule has 1 unspecified atom stereocenters. The summed E-state index contributed by atoms with van der Waals surface area (Å²) < 4.78 is 16.0. The van der Waals surface area contributed by atoms with Crippen LogP contribution in [0.25, 0.3) is 0 Å². The Morgan fingerprint density at radius 1 is 1.00 bits per heavy atom. The highest BCUT2D eigenvalue weighted by atomic mass is 16.5. The second-order valence-electron chi connectivity index (χ2n) is 7.75. The maximum atomic E-state index is 13.7. The SMILES string of the molecule is COc1ccc(C(=O)NC2(Cc3cc(OC)ccc3OC)N=C3C=CC(C)=CN3C2=O)cc1. The lowest BCUT2D eigenvalue weighted by molar-refractivity contribution is -0.130. The molecule has 2 aliphatic rings. The number of amidine groups is 1.